The fourth-order valence-electron chi connectivity index (χ4n) is 1.56. The number of carbonyl (C=O) groups excluding carboxylic acids is 1. The van der Waals surface area contributed by atoms with Crippen LogP contribution in [0.3, 0.4) is 0 Å². The van der Waals surface area contributed by atoms with Crippen LogP contribution in [0.25, 0.3) is 0 Å². The fraction of sp³-hybridized carbons (Fsp3) is 0.500. The number of halogens is 3. The molecule has 1 N–H and O–H groups in total. The molecular weight excluding hydrogens is 272 g/mol. The molecule has 0 aromatic heterocycles. The molecule has 1 atom stereocenters. The zero-order chi connectivity index (χ0) is 14.6. The lowest BCUT2D eigenvalue weighted by Gasteiger charge is -2.24. The van der Waals surface area contributed by atoms with Crippen LogP contribution in [0.1, 0.15) is 26.3 Å². The second-order valence-corrected chi connectivity index (χ2v) is 5.56. The molecule has 1 aromatic carbocycles. The largest absolute Gasteiger partial charge is 0.353 e. The Labute approximate surface area is 117 Å². The summed E-state index contributed by atoms with van der Waals surface area (Å²) in [4.78, 5) is 11.9. The molecule has 5 heteroatoms. The van der Waals surface area contributed by atoms with E-state index in [1.165, 1.54) is 18.2 Å². The summed E-state index contributed by atoms with van der Waals surface area (Å²) in [6.07, 6.45) is 0.0998. The van der Waals surface area contributed by atoms with Crippen LogP contribution >= 0.6 is 11.6 Å². The van der Waals surface area contributed by atoms with Gasteiger partial charge in [-0.2, -0.15) is 0 Å². The van der Waals surface area contributed by atoms with Gasteiger partial charge in [0.25, 0.3) is 0 Å². The predicted molar refractivity (Wildman–Crippen MR) is 72.2 cm³/mol. The molecule has 1 unspecified atom stereocenters. The predicted octanol–water partition coefficient (Wildman–Crippen LogP) is 3.28. The van der Waals surface area contributed by atoms with Gasteiger partial charge in [0.05, 0.1) is 5.41 Å². The molecule has 106 valence electrons. The smallest absolute Gasteiger partial charge is 0.227 e. The van der Waals surface area contributed by atoms with E-state index in [-0.39, 0.29) is 29.8 Å². The van der Waals surface area contributed by atoms with Crippen molar-refractivity contribution in [1.29, 1.82) is 0 Å². The number of carbonyl (C=O) groups is 1. The molecule has 0 saturated heterocycles. The van der Waals surface area contributed by atoms with E-state index < -0.39 is 17.0 Å². The van der Waals surface area contributed by atoms with E-state index in [1.807, 2.05) is 0 Å². The molecule has 19 heavy (non-hydrogen) atoms. The van der Waals surface area contributed by atoms with Gasteiger partial charge in [-0.3, -0.25) is 4.79 Å². The molecule has 0 saturated carbocycles. The van der Waals surface area contributed by atoms with E-state index in [0.717, 1.165) is 0 Å². The fourth-order valence-corrected chi connectivity index (χ4v) is 1.69. The van der Waals surface area contributed by atoms with Crippen molar-refractivity contribution in [3.8, 4) is 0 Å². The maximum Gasteiger partial charge on any atom is 0.227 e. The van der Waals surface area contributed by atoms with Crippen molar-refractivity contribution >= 4 is 17.5 Å². The molecule has 1 amide bonds. The monoisotopic (exact) mass is 289 g/mol. The van der Waals surface area contributed by atoms with Gasteiger partial charge in [0.15, 0.2) is 0 Å². The number of benzene rings is 1. The van der Waals surface area contributed by atoms with Crippen molar-refractivity contribution in [1.82, 2.24) is 5.32 Å². The number of hydrogen-bond donors (Lipinski definition) is 1. The quantitative estimate of drug-likeness (QED) is 0.828. The molecule has 0 bridgehead atoms. The Balaban J connectivity index is 2.71. The lowest BCUT2D eigenvalue weighted by molar-refractivity contribution is -0.128. The van der Waals surface area contributed by atoms with Crippen molar-refractivity contribution in [3.05, 3.63) is 35.4 Å². The zero-order valence-corrected chi connectivity index (χ0v) is 12.0. The van der Waals surface area contributed by atoms with Gasteiger partial charge >= 0.3 is 0 Å². The molecule has 0 aliphatic rings. The maximum atomic E-state index is 13.5. The summed E-state index contributed by atoms with van der Waals surface area (Å²) in [5, 5.41) is 2.72. The molecule has 1 aromatic rings. The highest BCUT2D eigenvalue weighted by atomic mass is 35.5. The summed E-state index contributed by atoms with van der Waals surface area (Å²) in [5.74, 6) is -1.25. The van der Waals surface area contributed by atoms with Crippen LogP contribution in [0, 0.1) is 17.0 Å². The lowest BCUT2D eigenvalue weighted by Crippen LogP contribution is -2.43. The van der Waals surface area contributed by atoms with E-state index in [1.54, 1.807) is 20.8 Å². The first-order valence-corrected chi connectivity index (χ1v) is 6.61. The first-order valence-electron chi connectivity index (χ1n) is 6.07. The Morgan fingerprint density at radius 2 is 1.89 bits per heavy atom. The van der Waals surface area contributed by atoms with Gasteiger partial charge in [0.2, 0.25) is 5.91 Å². The Morgan fingerprint density at radius 1 is 1.37 bits per heavy atom. The minimum absolute atomic E-state index is 0.0148. The molecule has 0 radical (unpaired) electrons. The number of alkyl halides is 1. The van der Waals surface area contributed by atoms with Crippen LogP contribution in [-0.4, -0.2) is 17.8 Å². The SMILES string of the molecule is CC(Cc1c(F)cccc1F)NC(=O)C(C)(C)CCl. The van der Waals surface area contributed by atoms with E-state index in [4.69, 9.17) is 11.6 Å². The van der Waals surface area contributed by atoms with Crippen molar-refractivity contribution < 1.29 is 13.6 Å². The van der Waals surface area contributed by atoms with Crippen molar-refractivity contribution in [2.75, 3.05) is 5.88 Å². The van der Waals surface area contributed by atoms with Crippen LogP contribution in [0.5, 0.6) is 0 Å². The van der Waals surface area contributed by atoms with Crippen molar-refractivity contribution in [2.24, 2.45) is 5.41 Å². The highest BCUT2D eigenvalue weighted by Gasteiger charge is 2.27. The Morgan fingerprint density at radius 3 is 2.37 bits per heavy atom. The summed E-state index contributed by atoms with van der Waals surface area (Å²) >= 11 is 5.70. The summed E-state index contributed by atoms with van der Waals surface area (Å²) in [6, 6.07) is 3.35. The Kier molecular flexibility index (Phi) is 5.29. The van der Waals surface area contributed by atoms with Gasteiger partial charge in [-0.25, -0.2) is 8.78 Å². The highest BCUT2D eigenvalue weighted by molar-refractivity contribution is 6.19. The molecule has 1 rings (SSSR count). The van der Waals surface area contributed by atoms with Gasteiger partial charge in [-0.05, 0) is 39.3 Å². The molecule has 0 heterocycles. The number of hydrogen-bond acceptors (Lipinski definition) is 1. The van der Waals surface area contributed by atoms with Crippen molar-refractivity contribution in [2.45, 2.75) is 33.2 Å². The number of rotatable bonds is 5. The second kappa shape index (κ2) is 6.33. The standard InChI is InChI=1S/C14H18ClF2NO/c1-9(18-13(19)14(2,3)8-15)7-10-11(16)5-4-6-12(10)17/h4-6,9H,7-8H2,1-3H3,(H,18,19). The second-order valence-electron chi connectivity index (χ2n) is 5.30. The Hall–Kier alpha value is -1.16. The van der Waals surface area contributed by atoms with E-state index in [2.05, 4.69) is 5.32 Å². The first-order chi connectivity index (χ1) is 8.77. The molecular formula is C14H18ClF2NO. The number of nitrogens with one attached hydrogen (secondary N) is 1. The van der Waals surface area contributed by atoms with Crippen LogP contribution in [0.15, 0.2) is 18.2 Å². The van der Waals surface area contributed by atoms with Crippen LogP contribution in [0.4, 0.5) is 8.78 Å². The van der Waals surface area contributed by atoms with E-state index in [0.29, 0.717) is 0 Å². The van der Waals surface area contributed by atoms with E-state index >= 15 is 0 Å². The summed E-state index contributed by atoms with van der Waals surface area (Å²) < 4.78 is 26.9. The maximum absolute atomic E-state index is 13.5. The topological polar surface area (TPSA) is 29.1 Å². The summed E-state index contributed by atoms with van der Waals surface area (Å²) in [7, 11) is 0. The third-order valence-electron chi connectivity index (χ3n) is 2.90. The van der Waals surface area contributed by atoms with Crippen molar-refractivity contribution in [3.63, 3.8) is 0 Å². The first kappa shape index (κ1) is 15.9. The molecule has 0 aliphatic carbocycles. The van der Waals surface area contributed by atoms with Crippen LogP contribution in [0.2, 0.25) is 0 Å². The molecule has 0 aliphatic heterocycles. The third kappa shape index (κ3) is 4.16. The third-order valence-corrected chi connectivity index (χ3v) is 3.57. The van der Waals surface area contributed by atoms with Gasteiger partial charge < -0.3 is 5.32 Å². The van der Waals surface area contributed by atoms with Gasteiger partial charge in [0, 0.05) is 17.5 Å². The zero-order valence-electron chi connectivity index (χ0n) is 11.3. The molecule has 0 fully saturated rings. The number of amides is 1. The average molecular weight is 290 g/mol. The highest BCUT2D eigenvalue weighted by Crippen LogP contribution is 2.18. The van der Waals surface area contributed by atoms with E-state index in [9.17, 15) is 13.6 Å². The van der Waals surface area contributed by atoms with Gasteiger partial charge in [-0.1, -0.05) is 6.07 Å². The molecule has 2 nitrogen and oxygen atoms in total. The van der Waals surface area contributed by atoms with Gasteiger partial charge in [-0.15, -0.1) is 11.6 Å². The minimum atomic E-state index is -0.705. The van der Waals surface area contributed by atoms with Crippen LogP contribution in [-0.2, 0) is 11.2 Å². The lowest BCUT2D eigenvalue weighted by atomic mass is 9.94. The normalized spacial score (nSPS) is 13.2. The summed E-state index contributed by atoms with van der Waals surface area (Å²) in [5.41, 5.74) is -0.720. The van der Waals surface area contributed by atoms with Crippen LogP contribution < -0.4 is 5.32 Å². The average Bonchev–Trinajstić information content (AvgIpc) is 2.34. The Bertz CT molecular complexity index is 443. The molecule has 0 spiro atoms. The van der Waals surface area contributed by atoms with Gasteiger partial charge in [0.1, 0.15) is 11.6 Å². The minimum Gasteiger partial charge on any atom is -0.353 e. The summed E-state index contributed by atoms with van der Waals surface area (Å²) in [6.45, 7) is 5.13.